The minimum atomic E-state index is -0.0459. The number of amides is 1. The van der Waals surface area contributed by atoms with Gasteiger partial charge in [-0.2, -0.15) is 0 Å². The number of aromatic nitrogens is 1. The molecule has 5 heteroatoms. The molecule has 0 radical (unpaired) electrons. The van der Waals surface area contributed by atoms with Gasteiger partial charge in [-0.1, -0.05) is 20.8 Å². The molecule has 1 rings (SSSR count). The molecule has 0 unspecified atom stereocenters. The van der Waals surface area contributed by atoms with Gasteiger partial charge in [-0.25, -0.2) is 4.98 Å². The Morgan fingerprint density at radius 2 is 2.00 bits per heavy atom. The van der Waals surface area contributed by atoms with Crippen LogP contribution in [-0.4, -0.2) is 50.0 Å². The molecule has 21 heavy (non-hydrogen) atoms. The Bertz CT molecular complexity index is 461. The summed E-state index contributed by atoms with van der Waals surface area (Å²) in [5.74, 6) is 0.683. The normalized spacial score (nSPS) is 11.6. The molecule has 0 saturated heterocycles. The van der Waals surface area contributed by atoms with Crippen LogP contribution in [0.5, 0.6) is 0 Å². The van der Waals surface area contributed by atoms with Crippen molar-refractivity contribution in [2.75, 3.05) is 39.5 Å². The van der Waals surface area contributed by atoms with E-state index in [1.54, 1.807) is 6.07 Å². The second-order valence-electron chi connectivity index (χ2n) is 6.42. The summed E-state index contributed by atoms with van der Waals surface area (Å²) in [6.45, 7) is 7.89. The van der Waals surface area contributed by atoms with Crippen molar-refractivity contribution in [2.45, 2.75) is 27.2 Å². The van der Waals surface area contributed by atoms with Crippen LogP contribution >= 0.6 is 0 Å². The Kier molecular flexibility index (Phi) is 6.15. The molecular weight excluding hydrogens is 264 g/mol. The van der Waals surface area contributed by atoms with Crippen LogP contribution in [0.1, 0.15) is 36.8 Å². The number of anilines is 1. The minimum absolute atomic E-state index is 0.0333. The molecule has 0 saturated carbocycles. The van der Waals surface area contributed by atoms with Crippen LogP contribution in [0.3, 0.4) is 0 Å². The lowest BCUT2D eigenvalue weighted by atomic mass is 9.93. The van der Waals surface area contributed by atoms with Gasteiger partial charge in [-0.3, -0.25) is 4.79 Å². The average molecular weight is 292 g/mol. The van der Waals surface area contributed by atoms with E-state index in [9.17, 15) is 4.79 Å². The first-order valence-corrected chi connectivity index (χ1v) is 7.39. The van der Waals surface area contributed by atoms with Gasteiger partial charge in [0.2, 0.25) is 0 Å². The lowest BCUT2D eigenvalue weighted by Gasteiger charge is -2.28. The third-order valence-electron chi connectivity index (χ3n) is 3.23. The van der Waals surface area contributed by atoms with Crippen molar-refractivity contribution in [3.05, 3.63) is 23.4 Å². The fourth-order valence-corrected chi connectivity index (χ4v) is 2.36. The number of carbonyl (C=O) groups excluding carboxylic acids is 1. The minimum Gasteiger partial charge on any atom is -0.373 e. The Labute approximate surface area is 128 Å². The summed E-state index contributed by atoms with van der Waals surface area (Å²) in [5.41, 5.74) is 1.61. The Morgan fingerprint density at radius 1 is 1.33 bits per heavy atom. The summed E-state index contributed by atoms with van der Waals surface area (Å²) >= 11 is 0. The first-order chi connectivity index (χ1) is 9.77. The molecule has 1 aromatic rings. The summed E-state index contributed by atoms with van der Waals surface area (Å²) in [5, 5.41) is 6.02. The van der Waals surface area contributed by atoms with E-state index >= 15 is 0 Å². The number of nitrogens with zero attached hydrogens (tertiary/aromatic N) is 2. The number of rotatable bonds is 7. The summed E-state index contributed by atoms with van der Waals surface area (Å²) < 4.78 is 0. The van der Waals surface area contributed by atoms with Gasteiger partial charge >= 0.3 is 0 Å². The van der Waals surface area contributed by atoms with Gasteiger partial charge in [0.1, 0.15) is 5.82 Å². The smallest absolute Gasteiger partial charge is 0.251 e. The van der Waals surface area contributed by atoms with Crippen LogP contribution < -0.4 is 10.6 Å². The molecule has 0 aliphatic heterocycles. The Balaban J connectivity index is 2.75. The zero-order chi connectivity index (χ0) is 16.0. The number of pyridine rings is 1. The SMILES string of the molecule is CCc1cc(C(=O)NCC(C)(C)CN(C)C)cc(NC)n1. The molecule has 1 aromatic heterocycles. The van der Waals surface area contributed by atoms with Gasteiger partial charge in [0.15, 0.2) is 0 Å². The zero-order valence-electron chi connectivity index (χ0n) is 14.1. The highest BCUT2D eigenvalue weighted by molar-refractivity contribution is 5.95. The van der Waals surface area contributed by atoms with Gasteiger partial charge in [-0.05, 0) is 38.1 Å². The second-order valence-corrected chi connectivity index (χ2v) is 6.42. The van der Waals surface area contributed by atoms with Gasteiger partial charge in [0, 0.05) is 31.4 Å². The van der Waals surface area contributed by atoms with Gasteiger partial charge in [-0.15, -0.1) is 0 Å². The number of nitrogens with one attached hydrogen (secondary N) is 2. The van der Waals surface area contributed by atoms with Crippen molar-refractivity contribution < 1.29 is 4.79 Å². The predicted octanol–water partition coefficient (Wildman–Crippen LogP) is 2.00. The van der Waals surface area contributed by atoms with Crippen molar-refractivity contribution in [1.82, 2.24) is 15.2 Å². The van der Waals surface area contributed by atoms with E-state index in [0.29, 0.717) is 12.1 Å². The van der Waals surface area contributed by atoms with E-state index in [2.05, 4.69) is 34.4 Å². The largest absolute Gasteiger partial charge is 0.373 e. The topological polar surface area (TPSA) is 57.3 Å². The van der Waals surface area contributed by atoms with Crippen LogP contribution in [0.2, 0.25) is 0 Å². The molecule has 0 bridgehead atoms. The number of hydrogen-bond donors (Lipinski definition) is 2. The van der Waals surface area contributed by atoms with E-state index < -0.39 is 0 Å². The fraction of sp³-hybridized carbons (Fsp3) is 0.625. The highest BCUT2D eigenvalue weighted by Gasteiger charge is 2.20. The molecule has 0 spiro atoms. The van der Waals surface area contributed by atoms with Crippen molar-refractivity contribution in [1.29, 1.82) is 0 Å². The third-order valence-corrected chi connectivity index (χ3v) is 3.23. The standard InChI is InChI=1S/C16H28N4O/c1-7-13-8-12(9-14(17-4)19-13)15(21)18-10-16(2,3)11-20(5)6/h8-9H,7,10-11H2,1-6H3,(H,17,19)(H,18,21). The van der Waals surface area contributed by atoms with Crippen molar-refractivity contribution in [3.63, 3.8) is 0 Å². The monoisotopic (exact) mass is 292 g/mol. The molecule has 5 nitrogen and oxygen atoms in total. The lowest BCUT2D eigenvalue weighted by Crippen LogP contribution is -2.40. The summed E-state index contributed by atoms with van der Waals surface area (Å²) in [7, 11) is 5.89. The van der Waals surface area contributed by atoms with Crippen molar-refractivity contribution in [2.24, 2.45) is 5.41 Å². The summed E-state index contributed by atoms with van der Waals surface area (Å²) in [6, 6.07) is 3.64. The van der Waals surface area contributed by atoms with E-state index in [-0.39, 0.29) is 11.3 Å². The van der Waals surface area contributed by atoms with Crippen molar-refractivity contribution >= 4 is 11.7 Å². The van der Waals surface area contributed by atoms with Gasteiger partial charge < -0.3 is 15.5 Å². The summed E-state index contributed by atoms with van der Waals surface area (Å²) in [6.07, 6.45) is 0.807. The third kappa shape index (κ3) is 5.71. The van der Waals surface area contributed by atoms with Crippen molar-refractivity contribution in [3.8, 4) is 0 Å². The fourth-order valence-electron chi connectivity index (χ4n) is 2.36. The van der Waals surface area contributed by atoms with Gasteiger partial charge in [0.05, 0.1) is 0 Å². The van der Waals surface area contributed by atoms with E-state index in [4.69, 9.17) is 0 Å². The predicted molar refractivity (Wildman–Crippen MR) is 87.8 cm³/mol. The van der Waals surface area contributed by atoms with E-state index in [1.807, 2.05) is 34.1 Å². The maximum atomic E-state index is 12.3. The molecule has 0 aromatic carbocycles. The number of carbonyl (C=O) groups is 1. The highest BCUT2D eigenvalue weighted by Crippen LogP contribution is 2.15. The quantitative estimate of drug-likeness (QED) is 0.807. The van der Waals surface area contributed by atoms with Crippen LogP contribution in [0.15, 0.2) is 12.1 Å². The maximum Gasteiger partial charge on any atom is 0.251 e. The van der Waals surface area contributed by atoms with Gasteiger partial charge in [0.25, 0.3) is 5.91 Å². The van der Waals surface area contributed by atoms with Crippen LogP contribution in [-0.2, 0) is 6.42 Å². The number of aryl methyl sites for hydroxylation is 1. The molecular formula is C16H28N4O. The molecule has 1 amide bonds. The van der Waals surface area contributed by atoms with Crippen LogP contribution in [0.25, 0.3) is 0 Å². The number of hydrogen-bond acceptors (Lipinski definition) is 4. The molecule has 0 aliphatic rings. The average Bonchev–Trinajstić information content (AvgIpc) is 2.42. The van der Waals surface area contributed by atoms with Crippen LogP contribution in [0, 0.1) is 5.41 Å². The molecule has 0 aliphatic carbocycles. The Morgan fingerprint density at radius 3 is 2.52 bits per heavy atom. The second kappa shape index (κ2) is 7.41. The maximum absolute atomic E-state index is 12.3. The molecule has 1 heterocycles. The first kappa shape index (κ1) is 17.4. The molecule has 2 N–H and O–H groups in total. The molecule has 0 atom stereocenters. The Hall–Kier alpha value is -1.62. The molecule has 118 valence electrons. The first-order valence-electron chi connectivity index (χ1n) is 7.39. The van der Waals surface area contributed by atoms with Crippen LogP contribution in [0.4, 0.5) is 5.82 Å². The summed E-state index contributed by atoms with van der Waals surface area (Å²) in [4.78, 5) is 18.9. The lowest BCUT2D eigenvalue weighted by molar-refractivity contribution is 0.0929. The highest BCUT2D eigenvalue weighted by atomic mass is 16.1. The van der Waals surface area contributed by atoms with E-state index in [0.717, 1.165) is 24.5 Å². The van der Waals surface area contributed by atoms with E-state index in [1.165, 1.54) is 0 Å². The zero-order valence-corrected chi connectivity index (χ0v) is 14.1. The molecule has 0 fully saturated rings.